The van der Waals surface area contributed by atoms with Gasteiger partial charge in [-0.3, -0.25) is 4.79 Å². The summed E-state index contributed by atoms with van der Waals surface area (Å²) in [7, 11) is 0. The number of hydrogen-bond donors (Lipinski definition) is 1. The molecule has 0 radical (unpaired) electrons. The number of halogens is 2. The van der Waals surface area contributed by atoms with E-state index in [-0.39, 0.29) is 5.91 Å². The Morgan fingerprint density at radius 3 is 2.42 bits per heavy atom. The molecular weight excluding hydrogens is 326 g/mol. The first-order valence-corrected chi connectivity index (χ1v) is 6.98. The third-order valence-corrected chi connectivity index (χ3v) is 3.72. The highest BCUT2D eigenvalue weighted by molar-refractivity contribution is 9.10. The lowest BCUT2D eigenvalue weighted by Gasteiger charge is -2.09. The van der Waals surface area contributed by atoms with Crippen LogP contribution in [-0.4, -0.2) is 5.91 Å². The zero-order valence-corrected chi connectivity index (χ0v) is 13.0. The van der Waals surface area contributed by atoms with Gasteiger partial charge >= 0.3 is 0 Å². The molecule has 2 rings (SSSR count). The van der Waals surface area contributed by atoms with Gasteiger partial charge in [-0.15, -0.1) is 0 Å². The lowest BCUT2D eigenvalue weighted by Crippen LogP contribution is -2.13. The number of nitrogens with one attached hydrogen (secondary N) is 1. The molecule has 2 aromatic rings. The van der Waals surface area contributed by atoms with Crippen LogP contribution in [0, 0.1) is 13.8 Å². The largest absolute Gasteiger partial charge is 0.321 e. The Morgan fingerprint density at radius 1 is 1.11 bits per heavy atom. The molecule has 0 saturated heterocycles. The van der Waals surface area contributed by atoms with E-state index in [1.165, 1.54) is 0 Å². The van der Waals surface area contributed by atoms with Crippen molar-refractivity contribution in [3.8, 4) is 0 Å². The van der Waals surface area contributed by atoms with Crippen molar-refractivity contribution in [1.82, 2.24) is 0 Å². The lowest BCUT2D eigenvalue weighted by molar-refractivity contribution is 0.102. The Kier molecular flexibility index (Phi) is 4.27. The average Bonchev–Trinajstić information content (AvgIpc) is 2.33. The molecule has 98 valence electrons. The fourth-order valence-corrected chi connectivity index (χ4v) is 2.57. The van der Waals surface area contributed by atoms with Crippen LogP contribution in [0.1, 0.15) is 21.5 Å². The number of aryl methyl sites for hydroxylation is 2. The van der Waals surface area contributed by atoms with Gasteiger partial charge in [-0.25, -0.2) is 0 Å². The van der Waals surface area contributed by atoms with Crippen LogP contribution in [0.25, 0.3) is 0 Å². The van der Waals surface area contributed by atoms with Gasteiger partial charge in [0, 0.05) is 4.47 Å². The second-order valence-corrected chi connectivity index (χ2v) is 5.68. The molecule has 2 nitrogen and oxygen atoms in total. The predicted molar refractivity (Wildman–Crippen MR) is 83.0 cm³/mol. The smallest absolute Gasteiger partial charge is 0.256 e. The van der Waals surface area contributed by atoms with Gasteiger partial charge in [0.25, 0.3) is 5.91 Å². The highest BCUT2D eigenvalue weighted by atomic mass is 79.9. The second-order valence-electron chi connectivity index (χ2n) is 4.42. The van der Waals surface area contributed by atoms with Crippen molar-refractivity contribution in [2.75, 3.05) is 5.32 Å². The van der Waals surface area contributed by atoms with Gasteiger partial charge in [0.15, 0.2) is 0 Å². The summed E-state index contributed by atoms with van der Waals surface area (Å²) in [4.78, 5) is 12.2. The van der Waals surface area contributed by atoms with Gasteiger partial charge in [-0.1, -0.05) is 23.7 Å². The summed E-state index contributed by atoms with van der Waals surface area (Å²) in [6, 6.07) is 11.1. The third-order valence-electron chi connectivity index (χ3n) is 2.74. The van der Waals surface area contributed by atoms with E-state index in [0.29, 0.717) is 16.3 Å². The Labute approximate surface area is 125 Å². The standard InChI is InChI=1S/C15H13BrClNO/c1-9-3-5-11(12(16)7-9)15(19)18-14-8-10(2)4-6-13(14)17/h3-8H,1-2H3,(H,18,19). The number of amides is 1. The summed E-state index contributed by atoms with van der Waals surface area (Å²) in [5, 5.41) is 3.36. The van der Waals surface area contributed by atoms with Crippen molar-refractivity contribution in [2.45, 2.75) is 13.8 Å². The van der Waals surface area contributed by atoms with Crippen LogP contribution >= 0.6 is 27.5 Å². The normalized spacial score (nSPS) is 10.3. The molecule has 0 aliphatic rings. The molecule has 2 aromatic carbocycles. The quantitative estimate of drug-likeness (QED) is 0.823. The van der Waals surface area contributed by atoms with E-state index in [2.05, 4.69) is 21.2 Å². The summed E-state index contributed by atoms with van der Waals surface area (Å²) in [5.41, 5.74) is 3.35. The SMILES string of the molecule is Cc1ccc(C(=O)Nc2cc(C)ccc2Cl)c(Br)c1. The molecule has 0 aliphatic heterocycles. The summed E-state index contributed by atoms with van der Waals surface area (Å²) >= 11 is 9.47. The average molecular weight is 339 g/mol. The maximum absolute atomic E-state index is 12.2. The van der Waals surface area contributed by atoms with E-state index in [9.17, 15) is 4.79 Å². The zero-order chi connectivity index (χ0) is 14.0. The molecular formula is C15H13BrClNO. The highest BCUT2D eigenvalue weighted by Gasteiger charge is 2.11. The molecule has 0 aromatic heterocycles. The molecule has 0 spiro atoms. The molecule has 0 saturated carbocycles. The number of anilines is 1. The van der Waals surface area contributed by atoms with Crippen LogP contribution < -0.4 is 5.32 Å². The maximum atomic E-state index is 12.2. The van der Waals surface area contributed by atoms with Gasteiger partial charge < -0.3 is 5.32 Å². The summed E-state index contributed by atoms with van der Waals surface area (Å²) in [6.45, 7) is 3.93. The van der Waals surface area contributed by atoms with Crippen LogP contribution in [0.5, 0.6) is 0 Å². The number of carbonyl (C=O) groups excluding carboxylic acids is 1. The van der Waals surface area contributed by atoms with E-state index >= 15 is 0 Å². The van der Waals surface area contributed by atoms with E-state index < -0.39 is 0 Å². The predicted octanol–water partition coefficient (Wildman–Crippen LogP) is 4.97. The molecule has 0 bridgehead atoms. The van der Waals surface area contributed by atoms with Gasteiger partial charge in [0.1, 0.15) is 0 Å². The van der Waals surface area contributed by atoms with Crippen molar-refractivity contribution < 1.29 is 4.79 Å². The zero-order valence-electron chi connectivity index (χ0n) is 10.6. The molecule has 0 unspecified atom stereocenters. The number of hydrogen-bond acceptors (Lipinski definition) is 1. The summed E-state index contributed by atoms with van der Waals surface area (Å²) < 4.78 is 0.772. The minimum atomic E-state index is -0.181. The third kappa shape index (κ3) is 3.37. The maximum Gasteiger partial charge on any atom is 0.256 e. The molecule has 4 heteroatoms. The topological polar surface area (TPSA) is 29.1 Å². The molecule has 0 atom stereocenters. The lowest BCUT2D eigenvalue weighted by atomic mass is 10.1. The molecule has 1 N–H and O–H groups in total. The monoisotopic (exact) mass is 337 g/mol. The van der Waals surface area contributed by atoms with Gasteiger partial charge in [0.05, 0.1) is 16.3 Å². The molecule has 19 heavy (non-hydrogen) atoms. The van der Waals surface area contributed by atoms with Gasteiger partial charge in [-0.05, 0) is 65.2 Å². The van der Waals surface area contributed by atoms with Crippen LogP contribution in [0.3, 0.4) is 0 Å². The first-order valence-electron chi connectivity index (χ1n) is 5.81. The van der Waals surface area contributed by atoms with Crippen molar-refractivity contribution in [3.63, 3.8) is 0 Å². The van der Waals surface area contributed by atoms with Crippen LogP contribution in [0.4, 0.5) is 5.69 Å². The van der Waals surface area contributed by atoms with Crippen molar-refractivity contribution >= 4 is 39.1 Å². The van der Waals surface area contributed by atoms with Crippen molar-refractivity contribution in [1.29, 1.82) is 0 Å². The molecule has 0 fully saturated rings. The van der Waals surface area contributed by atoms with Crippen LogP contribution in [0.15, 0.2) is 40.9 Å². The molecule has 1 amide bonds. The highest BCUT2D eigenvalue weighted by Crippen LogP contribution is 2.25. The minimum Gasteiger partial charge on any atom is -0.321 e. The number of benzene rings is 2. The first-order chi connectivity index (χ1) is 8.97. The van der Waals surface area contributed by atoms with Crippen LogP contribution in [0.2, 0.25) is 5.02 Å². The van der Waals surface area contributed by atoms with E-state index in [1.54, 1.807) is 12.1 Å². The Morgan fingerprint density at radius 2 is 1.74 bits per heavy atom. The molecule has 0 aliphatic carbocycles. The minimum absolute atomic E-state index is 0.181. The van der Waals surface area contributed by atoms with Gasteiger partial charge in [0.2, 0.25) is 0 Å². The van der Waals surface area contributed by atoms with Crippen molar-refractivity contribution in [3.05, 3.63) is 62.6 Å². The Hall–Kier alpha value is -1.32. The number of carbonyl (C=O) groups is 1. The number of rotatable bonds is 2. The van der Waals surface area contributed by atoms with E-state index in [4.69, 9.17) is 11.6 Å². The fraction of sp³-hybridized carbons (Fsp3) is 0.133. The van der Waals surface area contributed by atoms with E-state index in [1.807, 2.05) is 38.1 Å². The van der Waals surface area contributed by atoms with Gasteiger partial charge in [-0.2, -0.15) is 0 Å². The molecule has 0 heterocycles. The summed E-state index contributed by atoms with van der Waals surface area (Å²) in [6.07, 6.45) is 0. The first kappa shape index (κ1) is 14.1. The summed E-state index contributed by atoms with van der Waals surface area (Å²) in [5.74, 6) is -0.181. The Bertz CT molecular complexity index is 640. The van der Waals surface area contributed by atoms with Crippen molar-refractivity contribution in [2.24, 2.45) is 0 Å². The second kappa shape index (κ2) is 5.76. The Balaban J connectivity index is 2.28. The van der Waals surface area contributed by atoms with Crippen LogP contribution in [-0.2, 0) is 0 Å². The fourth-order valence-electron chi connectivity index (χ4n) is 1.73. The van der Waals surface area contributed by atoms with E-state index in [0.717, 1.165) is 15.6 Å².